The Kier molecular flexibility index (Phi) is 4.15. The number of hydrogen-bond donors (Lipinski definition) is 0. The van der Waals surface area contributed by atoms with Gasteiger partial charge in [-0.25, -0.2) is 0 Å². The van der Waals surface area contributed by atoms with Gasteiger partial charge in [-0.15, -0.1) is 0 Å². The molecule has 0 spiro atoms. The van der Waals surface area contributed by atoms with Crippen molar-refractivity contribution in [3.8, 4) is 0 Å². The Morgan fingerprint density at radius 3 is 2.74 bits per heavy atom. The number of aryl methyl sites for hydroxylation is 1. The van der Waals surface area contributed by atoms with E-state index in [2.05, 4.69) is 25.9 Å². The fourth-order valence-corrected chi connectivity index (χ4v) is 3.92. The van der Waals surface area contributed by atoms with E-state index in [1.165, 1.54) is 4.57 Å². The van der Waals surface area contributed by atoms with E-state index in [1.807, 2.05) is 17.1 Å². The highest BCUT2D eigenvalue weighted by Crippen LogP contribution is 2.25. The number of aromatic nitrogens is 1. The van der Waals surface area contributed by atoms with E-state index in [0.717, 1.165) is 30.6 Å². The third-order valence-electron chi connectivity index (χ3n) is 5.16. The molecule has 0 radical (unpaired) electrons. The summed E-state index contributed by atoms with van der Waals surface area (Å²) >= 11 is 0. The van der Waals surface area contributed by atoms with Gasteiger partial charge >= 0.3 is 0 Å². The summed E-state index contributed by atoms with van der Waals surface area (Å²) in [7, 11) is 5.92. The van der Waals surface area contributed by atoms with Crippen LogP contribution in [0.5, 0.6) is 0 Å². The largest absolute Gasteiger partial charge is 0.338 e. The van der Waals surface area contributed by atoms with E-state index in [-0.39, 0.29) is 11.5 Å². The van der Waals surface area contributed by atoms with Gasteiger partial charge in [-0.1, -0.05) is 19.1 Å². The molecule has 1 aliphatic heterocycles. The van der Waals surface area contributed by atoms with Crippen molar-refractivity contribution in [3.05, 3.63) is 39.3 Å². The van der Waals surface area contributed by atoms with Crippen molar-refractivity contribution in [2.24, 2.45) is 13.0 Å². The first-order chi connectivity index (χ1) is 10.9. The summed E-state index contributed by atoms with van der Waals surface area (Å²) in [5, 5.41) is 0. The van der Waals surface area contributed by atoms with Crippen LogP contribution in [0.3, 0.4) is 0 Å². The molecule has 1 aromatic rings. The van der Waals surface area contributed by atoms with Crippen molar-refractivity contribution in [2.75, 3.05) is 27.2 Å². The number of fused-ring (bicyclic) bond motifs is 1. The van der Waals surface area contributed by atoms with Crippen LogP contribution in [-0.4, -0.2) is 53.5 Å². The van der Waals surface area contributed by atoms with Gasteiger partial charge < -0.3 is 14.4 Å². The summed E-state index contributed by atoms with van der Waals surface area (Å²) < 4.78 is 1.54. The lowest BCUT2D eigenvalue weighted by Crippen LogP contribution is -2.49. The first-order valence-electron chi connectivity index (χ1n) is 8.25. The number of rotatable bonds is 2. The minimum atomic E-state index is 0.00114. The Morgan fingerprint density at radius 1 is 1.35 bits per heavy atom. The summed E-state index contributed by atoms with van der Waals surface area (Å²) in [5.74, 6) is 0.492. The Bertz CT molecular complexity index is 718. The molecule has 23 heavy (non-hydrogen) atoms. The number of carbonyl (C=O) groups excluding carboxylic acids is 1. The molecule has 0 N–H and O–H groups in total. The third-order valence-corrected chi connectivity index (χ3v) is 5.16. The zero-order valence-corrected chi connectivity index (χ0v) is 14.4. The molecule has 5 nitrogen and oxygen atoms in total. The monoisotopic (exact) mass is 315 g/mol. The van der Waals surface area contributed by atoms with Gasteiger partial charge in [-0.2, -0.15) is 0 Å². The lowest BCUT2D eigenvalue weighted by molar-refractivity contribution is 0.0552. The van der Waals surface area contributed by atoms with Crippen LogP contribution >= 0.6 is 0 Å². The van der Waals surface area contributed by atoms with Gasteiger partial charge in [0.2, 0.25) is 0 Å². The van der Waals surface area contributed by atoms with Crippen molar-refractivity contribution >= 4 is 12.0 Å². The van der Waals surface area contributed by atoms with Crippen molar-refractivity contribution in [3.63, 3.8) is 0 Å². The summed E-state index contributed by atoms with van der Waals surface area (Å²) in [6, 6.07) is 0.518. The molecule has 2 unspecified atom stereocenters. The number of hydrogen-bond acceptors (Lipinski definition) is 3. The number of likely N-dealkylation sites (tertiary alicyclic amines) is 1. The van der Waals surface area contributed by atoms with Crippen LogP contribution in [-0.2, 0) is 13.5 Å². The van der Waals surface area contributed by atoms with Gasteiger partial charge in [0.05, 0.1) is 5.56 Å². The van der Waals surface area contributed by atoms with E-state index in [4.69, 9.17) is 0 Å². The van der Waals surface area contributed by atoms with Gasteiger partial charge in [0, 0.05) is 37.9 Å². The quantitative estimate of drug-likeness (QED) is 0.828. The van der Waals surface area contributed by atoms with Crippen LogP contribution in [0.1, 0.15) is 34.8 Å². The molecule has 0 saturated carbocycles. The summed E-state index contributed by atoms with van der Waals surface area (Å²) in [6.07, 6.45) is 7.19. The van der Waals surface area contributed by atoms with Crippen molar-refractivity contribution in [2.45, 2.75) is 25.8 Å². The zero-order valence-electron chi connectivity index (χ0n) is 14.4. The molecule has 2 aliphatic rings. The van der Waals surface area contributed by atoms with Crippen LogP contribution in [0.25, 0.3) is 6.08 Å². The Balaban J connectivity index is 1.88. The molecule has 2 heterocycles. The molecule has 1 aliphatic carbocycles. The molecule has 124 valence electrons. The second kappa shape index (κ2) is 5.96. The molecule has 1 aromatic heterocycles. The number of pyridine rings is 1. The topological polar surface area (TPSA) is 45.6 Å². The maximum atomic E-state index is 13.0. The van der Waals surface area contributed by atoms with Gasteiger partial charge in [0.15, 0.2) is 0 Å². The van der Waals surface area contributed by atoms with Crippen molar-refractivity contribution in [1.29, 1.82) is 0 Å². The Hall–Kier alpha value is -1.88. The zero-order chi connectivity index (χ0) is 16.7. The van der Waals surface area contributed by atoms with Gasteiger partial charge in [-0.05, 0) is 38.4 Å². The number of piperidine rings is 1. The lowest BCUT2D eigenvalue weighted by Gasteiger charge is -2.40. The average Bonchev–Trinajstić information content (AvgIpc) is 2.99. The second-order valence-corrected chi connectivity index (χ2v) is 7.01. The minimum Gasteiger partial charge on any atom is -0.338 e. The Labute approximate surface area is 137 Å². The maximum absolute atomic E-state index is 13.0. The number of nitrogens with zero attached hydrogens (tertiary/aromatic N) is 3. The number of allylic oxidation sites excluding steroid dienone is 1. The fraction of sp³-hybridized carbons (Fsp3) is 0.556. The van der Waals surface area contributed by atoms with E-state index in [9.17, 15) is 9.59 Å². The van der Waals surface area contributed by atoms with Crippen LogP contribution < -0.4 is 5.56 Å². The Morgan fingerprint density at radius 2 is 2.09 bits per heavy atom. The molecule has 2 atom stereocenters. The number of amides is 1. The highest BCUT2D eigenvalue weighted by atomic mass is 16.2. The molecule has 5 heteroatoms. The highest BCUT2D eigenvalue weighted by molar-refractivity contribution is 5.98. The van der Waals surface area contributed by atoms with Crippen molar-refractivity contribution in [1.82, 2.24) is 14.4 Å². The smallest absolute Gasteiger partial charge is 0.255 e. The highest BCUT2D eigenvalue weighted by Gasteiger charge is 2.31. The third kappa shape index (κ3) is 2.74. The molecule has 1 fully saturated rings. The van der Waals surface area contributed by atoms with Crippen LogP contribution in [0.15, 0.2) is 17.1 Å². The molecule has 0 aromatic carbocycles. The van der Waals surface area contributed by atoms with E-state index in [1.54, 1.807) is 13.2 Å². The first kappa shape index (κ1) is 16.0. The van der Waals surface area contributed by atoms with Crippen molar-refractivity contribution < 1.29 is 4.79 Å². The van der Waals surface area contributed by atoms with E-state index < -0.39 is 0 Å². The fourth-order valence-electron chi connectivity index (χ4n) is 3.92. The molecule has 1 saturated heterocycles. The van der Waals surface area contributed by atoms with E-state index in [0.29, 0.717) is 23.9 Å². The maximum Gasteiger partial charge on any atom is 0.255 e. The summed E-state index contributed by atoms with van der Waals surface area (Å²) in [5.41, 5.74) is 2.22. The predicted octanol–water partition coefficient (Wildman–Crippen LogP) is 1.37. The normalized spacial score (nSPS) is 23.4. The summed E-state index contributed by atoms with van der Waals surface area (Å²) in [4.78, 5) is 29.4. The molecular weight excluding hydrogens is 290 g/mol. The molecule has 3 rings (SSSR count). The number of carbonyl (C=O) groups is 1. The van der Waals surface area contributed by atoms with E-state index >= 15 is 0 Å². The summed E-state index contributed by atoms with van der Waals surface area (Å²) in [6.45, 7) is 3.74. The minimum absolute atomic E-state index is 0.00114. The van der Waals surface area contributed by atoms with Gasteiger partial charge in [0.1, 0.15) is 0 Å². The second-order valence-electron chi connectivity index (χ2n) is 7.01. The SMILES string of the molecule is CC1CN(C(=O)c2cn(C)c(=O)c3c2C=CC3)CCC1N(C)C. The standard InChI is InChI=1S/C18H25N3O2/c1-12-10-21(9-8-16(12)19(2)3)18(23)15-11-20(4)17(22)14-7-5-6-13(14)15/h5-6,11-12,16H,7-10H2,1-4H3. The molecular formula is C18H25N3O2. The first-order valence-corrected chi connectivity index (χ1v) is 8.25. The molecule has 0 bridgehead atoms. The van der Waals surface area contributed by atoms with Crippen LogP contribution in [0, 0.1) is 5.92 Å². The lowest BCUT2D eigenvalue weighted by atomic mass is 9.92. The molecule has 1 amide bonds. The van der Waals surface area contributed by atoms with Gasteiger partial charge in [-0.3, -0.25) is 9.59 Å². The average molecular weight is 315 g/mol. The van der Waals surface area contributed by atoms with Crippen LogP contribution in [0.2, 0.25) is 0 Å². The van der Waals surface area contributed by atoms with Crippen LogP contribution in [0.4, 0.5) is 0 Å². The predicted molar refractivity (Wildman–Crippen MR) is 91.6 cm³/mol. The van der Waals surface area contributed by atoms with Gasteiger partial charge in [0.25, 0.3) is 11.5 Å².